The van der Waals surface area contributed by atoms with Crippen molar-refractivity contribution in [3.05, 3.63) is 387 Å². The van der Waals surface area contributed by atoms with E-state index in [4.69, 9.17) is 15.1 Å². The number of hydrogen-bond donors (Lipinski definition) is 0. The summed E-state index contributed by atoms with van der Waals surface area (Å²) in [5.74, 6) is 7.87. The highest BCUT2D eigenvalue weighted by atomic mass is 16.5. The second-order valence-corrected chi connectivity index (χ2v) is 22.5. The van der Waals surface area contributed by atoms with E-state index in [1.54, 1.807) is 11.1 Å². The van der Waals surface area contributed by atoms with Crippen molar-refractivity contribution in [1.29, 1.82) is 0 Å². The maximum Gasteiger partial charge on any atom is 0.0631 e. The quantitative estimate of drug-likeness (QED) is 0.0821. The van der Waals surface area contributed by atoms with Crippen LogP contribution >= 0.6 is 0 Å². The van der Waals surface area contributed by atoms with Crippen molar-refractivity contribution in [2.45, 2.75) is 77.0 Å². The van der Waals surface area contributed by atoms with Crippen molar-refractivity contribution in [2.75, 3.05) is 0 Å². The van der Waals surface area contributed by atoms with Crippen LogP contribution in [-0.2, 0) is 0 Å². The van der Waals surface area contributed by atoms with Crippen LogP contribution in [0, 0.1) is 41.4 Å². The molecule has 6 aliphatic rings. The first-order valence-corrected chi connectivity index (χ1v) is 30.9. The summed E-state index contributed by atoms with van der Waals surface area (Å²) in [6.45, 7) is 0. The van der Waals surface area contributed by atoms with E-state index in [0.29, 0.717) is 0 Å². The summed E-state index contributed by atoms with van der Waals surface area (Å²) in [6.07, 6.45) is 26.8. The van der Waals surface area contributed by atoms with Gasteiger partial charge in [0.05, 0.1) is 67.8 Å². The summed E-state index contributed by atoms with van der Waals surface area (Å²) < 4.78 is 0. The fourth-order valence-electron chi connectivity index (χ4n) is 13.5. The molecule has 6 aliphatic carbocycles. The smallest absolute Gasteiger partial charge is 0.0631 e. The predicted octanol–water partition coefficient (Wildman–Crippen LogP) is 17.1. The lowest BCUT2D eigenvalue weighted by molar-refractivity contribution is -0.479. The van der Waals surface area contributed by atoms with Crippen molar-refractivity contribution < 1.29 is 15.1 Å². The number of rotatable bonds is 9. The minimum atomic E-state index is -2.92. The molecule has 4 heteroatoms. The largest absolute Gasteiger partial charge is 0.907 e. The fourth-order valence-corrected chi connectivity index (χ4v) is 13.5. The summed E-state index contributed by atoms with van der Waals surface area (Å²) in [5, 5.41) is 25.2. The second kappa shape index (κ2) is 31.4. The third-order valence-electron chi connectivity index (χ3n) is 17.3. The molecule has 9 aromatic rings. The van der Waals surface area contributed by atoms with E-state index in [-0.39, 0.29) is 0 Å². The highest BCUT2D eigenvalue weighted by molar-refractivity contribution is 6.24. The molecule has 2 saturated carbocycles. The van der Waals surface area contributed by atoms with Crippen LogP contribution in [0.15, 0.2) is 320 Å². The molecule has 2 fully saturated rings. The van der Waals surface area contributed by atoms with Crippen molar-refractivity contribution in [3.8, 4) is 0 Å². The summed E-state index contributed by atoms with van der Waals surface area (Å²) in [7, 11) is -2.92. The minimum Gasteiger partial charge on any atom is -0.907 e. The van der Waals surface area contributed by atoms with Crippen LogP contribution in [0.2, 0.25) is 0 Å². The molecule has 0 aliphatic heterocycles. The zero-order valence-corrected chi connectivity index (χ0v) is 48.9. The molecule has 0 N–H and O–H groups in total. The van der Waals surface area contributed by atoms with Gasteiger partial charge in [0, 0.05) is 0 Å². The molecule has 3 nitrogen and oxygen atoms in total. The van der Waals surface area contributed by atoms with Crippen LogP contribution in [0.3, 0.4) is 0 Å². The molecule has 4 atom stereocenters. The maximum atomic E-state index is 8.42. The highest BCUT2D eigenvalue weighted by Crippen LogP contribution is 2.54. The number of hydrogen-bond acceptors (Lipinski definition) is 3. The minimum absolute atomic E-state index is 0.991. The first-order chi connectivity index (χ1) is 42.0. The van der Waals surface area contributed by atoms with Gasteiger partial charge in [0.15, 0.2) is 0 Å². The van der Waals surface area contributed by atoms with E-state index in [2.05, 4.69) is 297 Å². The number of fused-ring (bicyclic) bond motifs is 6. The summed E-state index contributed by atoms with van der Waals surface area (Å²) >= 11 is 0. The van der Waals surface area contributed by atoms with Crippen LogP contribution in [-0.4, -0.2) is 7.32 Å². The molecule has 422 valence electrons. The average molecular weight is 1110 g/mol. The third-order valence-corrected chi connectivity index (χ3v) is 17.3. The van der Waals surface area contributed by atoms with Gasteiger partial charge in [-0.1, -0.05) is 103 Å². The van der Waals surface area contributed by atoms with Crippen molar-refractivity contribution in [2.24, 2.45) is 23.7 Å². The lowest BCUT2D eigenvalue weighted by Gasteiger charge is -2.45. The standard InChI is InChI=1S/3C19H15.2C12H16.BO3/c3*1-4-10-16(11-5-1)19(17-12-6-2-7-13-17)18-14-8-3-9-15-18;2*1-2-6-10-9(5-1)11-7-3-4-8-12(10)11;2-1(3)4/h3*1-15H;2*1,5,10,12H,2-4,6-8H2;/q3*+1;;;-3. The first-order valence-electron chi connectivity index (χ1n) is 30.9. The summed E-state index contributed by atoms with van der Waals surface area (Å²) in [6, 6.07) is 94.9. The Balaban J connectivity index is 0.000000118. The van der Waals surface area contributed by atoms with E-state index in [1.807, 2.05) is 11.1 Å². The Morgan fingerprint density at radius 1 is 0.259 bits per heavy atom. The van der Waals surface area contributed by atoms with Crippen LogP contribution in [0.5, 0.6) is 0 Å². The molecule has 0 spiro atoms. The lowest BCUT2D eigenvalue weighted by Crippen LogP contribution is -2.56. The molecule has 0 heterocycles. The van der Waals surface area contributed by atoms with Crippen LogP contribution in [0.1, 0.15) is 127 Å². The number of allylic oxidation sites excluding steroid dienone is 8. The maximum absolute atomic E-state index is 8.42. The highest BCUT2D eigenvalue weighted by Gasteiger charge is 2.41. The van der Waals surface area contributed by atoms with Crippen molar-refractivity contribution in [1.82, 2.24) is 0 Å². The van der Waals surface area contributed by atoms with Gasteiger partial charge >= 0.3 is 0 Å². The Hall–Kier alpha value is -8.51. The first kappa shape index (κ1) is 59.6. The molecule has 0 amide bonds. The van der Waals surface area contributed by atoms with Crippen molar-refractivity contribution >= 4 is 7.32 Å². The van der Waals surface area contributed by atoms with E-state index in [1.165, 1.54) is 145 Å². The summed E-state index contributed by atoms with van der Waals surface area (Å²) in [5.41, 5.74) is 18.4. The topological polar surface area (TPSA) is 69.2 Å². The summed E-state index contributed by atoms with van der Waals surface area (Å²) in [4.78, 5) is 0. The van der Waals surface area contributed by atoms with Gasteiger partial charge in [-0.2, -0.15) is 0 Å². The average Bonchev–Trinajstić information content (AvgIpc) is 2.47. The lowest BCUT2D eigenvalue weighted by atomic mass is 9.59. The number of benzene rings is 9. The van der Waals surface area contributed by atoms with Crippen LogP contribution in [0.25, 0.3) is 0 Å². The van der Waals surface area contributed by atoms with Gasteiger partial charge in [-0.05, 0) is 317 Å². The Kier molecular flexibility index (Phi) is 22.0. The molecule has 9 aromatic carbocycles. The molecule has 85 heavy (non-hydrogen) atoms. The van der Waals surface area contributed by atoms with Gasteiger partial charge in [0.25, 0.3) is 0 Å². The van der Waals surface area contributed by atoms with E-state index < -0.39 is 7.32 Å². The second-order valence-electron chi connectivity index (χ2n) is 22.5. The van der Waals surface area contributed by atoms with E-state index in [9.17, 15) is 0 Å². The zero-order chi connectivity index (χ0) is 58.3. The fraction of sp³-hybridized carbons (Fsp3) is 0.198. The van der Waals surface area contributed by atoms with Crippen LogP contribution in [0.4, 0.5) is 0 Å². The zero-order valence-electron chi connectivity index (χ0n) is 48.9. The molecule has 0 radical (unpaired) electrons. The Labute approximate surface area is 507 Å². The van der Waals surface area contributed by atoms with Crippen LogP contribution < -0.4 is 15.1 Å². The monoisotopic (exact) mass is 1110 g/mol. The van der Waals surface area contributed by atoms with Crippen molar-refractivity contribution in [3.63, 3.8) is 0 Å². The van der Waals surface area contributed by atoms with E-state index in [0.717, 1.165) is 23.7 Å². The SMILES string of the molecule is C1=CC2=C3CCCCC3C2CC1.C1=CC2=C3CCCCC3C2CC1.[O-]B([O-])[O-].c1ccc([C+](c2ccccc2)c2ccccc2)cc1.c1ccc([C+](c2ccccc2)c2ccccc2)cc1.c1ccc([C+](c2ccccc2)c2ccccc2)cc1. The molecular weight excluding hydrogens is 1030 g/mol. The van der Waals surface area contributed by atoms with Gasteiger partial charge in [-0.15, -0.1) is 0 Å². The Morgan fingerprint density at radius 2 is 0.459 bits per heavy atom. The Bertz CT molecular complexity index is 2860. The van der Waals surface area contributed by atoms with Gasteiger partial charge in [0.1, 0.15) is 0 Å². The molecular formula is C81H77BO3. The third kappa shape index (κ3) is 16.0. The van der Waals surface area contributed by atoms with Gasteiger partial charge in [-0.25, -0.2) is 0 Å². The van der Waals surface area contributed by atoms with Gasteiger partial charge in [-0.3, -0.25) is 7.32 Å². The molecule has 0 bridgehead atoms. The van der Waals surface area contributed by atoms with Gasteiger partial charge in [0.2, 0.25) is 0 Å². The normalized spacial score (nSPS) is 18.0. The molecule has 4 unspecified atom stereocenters. The molecule has 15 rings (SSSR count). The molecule has 0 saturated heterocycles. The van der Waals surface area contributed by atoms with E-state index >= 15 is 0 Å². The Morgan fingerprint density at radius 3 is 0.659 bits per heavy atom. The predicted molar refractivity (Wildman–Crippen MR) is 347 cm³/mol. The van der Waals surface area contributed by atoms with Gasteiger partial charge < -0.3 is 15.1 Å². The molecule has 0 aromatic heterocycles.